The summed E-state index contributed by atoms with van der Waals surface area (Å²) in [5.74, 6) is 0.950. The fraction of sp³-hybridized carbons (Fsp3) is 0.667. The summed E-state index contributed by atoms with van der Waals surface area (Å²) in [6.45, 7) is 4.11. The molecular weight excluding hydrogens is 142 g/mol. The Morgan fingerprint density at radius 1 is 1.36 bits per heavy atom. The van der Waals surface area contributed by atoms with Gasteiger partial charge in [-0.05, 0) is 0 Å². The summed E-state index contributed by atoms with van der Waals surface area (Å²) in [5, 5.41) is 13.6. The molecule has 0 bridgehead atoms. The number of nitrogens with zero attached hydrogens (tertiary/aromatic N) is 3. The molecule has 0 aromatic carbocycles. The number of anilines is 1. The van der Waals surface area contributed by atoms with E-state index in [2.05, 4.69) is 25.6 Å². The van der Waals surface area contributed by atoms with E-state index in [-0.39, 0.29) is 0 Å². The molecule has 11 heavy (non-hydrogen) atoms. The van der Waals surface area contributed by atoms with Gasteiger partial charge in [0.15, 0.2) is 5.82 Å². The highest BCUT2D eigenvalue weighted by Crippen LogP contribution is 2.06. The van der Waals surface area contributed by atoms with Crippen LogP contribution in [0.25, 0.3) is 0 Å². The Morgan fingerprint density at radius 3 is 2.82 bits per heavy atom. The van der Waals surface area contributed by atoms with E-state index in [0.717, 1.165) is 32.0 Å². The van der Waals surface area contributed by atoms with Crippen LogP contribution < -0.4 is 10.2 Å². The van der Waals surface area contributed by atoms with E-state index in [0.29, 0.717) is 0 Å². The lowest BCUT2D eigenvalue weighted by Crippen LogP contribution is -2.43. The van der Waals surface area contributed by atoms with Crippen molar-refractivity contribution in [3.8, 4) is 0 Å². The summed E-state index contributed by atoms with van der Waals surface area (Å²) in [7, 11) is 0. The van der Waals surface area contributed by atoms with Gasteiger partial charge in [-0.2, -0.15) is 10.3 Å². The van der Waals surface area contributed by atoms with Gasteiger partial charge in [-0.1, -0.05) is 0 Å². The minimum Gasteiger partial charge on any atom is -0.351 e. The van der Waals surface area contributed by atoms with Crippen LogP contribution in [0.15, 0.2) is 6.20 Å². The van der Waals surface area contributed by atoms with Crippen molar-refractivity contribution in [2.45, 2.75) is 0 Å². The summed E-state index contributed by atoms with van der Waals surface area (Å²) in [4.78, 5) is 2.21. The summed E-state index contributed by atoms with van der Waals surface area (Å²) >= 11 is 0. The Hall–Kier alpha value is -1.10. The van der Waals surface area contributed by atoms with E-state index in [1.807, 2.05) is 0 Å². The van der Waals surface area contributed by atoms with Crippen LogP contribution in [0.5, 0.6) is 0 Å². The van der Waals surface area contributed by atoms with Gasteiger partial charge in [0.1, 0.15) is 0 Å². The maximum atomic E-state index is 4.00. The molecule has 1 saturated heterocycles. The fourth-order valence-corrected chi connectivity index (χ4v) is 1.24. The van der Waals surface area contributed by atoms with Crippen molar-refractivity contribution in [3.05, 3.63) is 6.20 Å². The van der Waals surface area contributed by atoms with Gasteiger partial charge in [0, 0.05) is 26.2 Å². The predicted octanol–water partition coefficient (Wildman–Crippen LogP) is -0.786. The Labute approximate surface area is 64.8 Å². The zero-order valence-corrected chi connectivity index (χ0v) is 6.25. The Kier molecular flexibility index (Phi) is 1.72. The van der Waals surface area contributed by atoms with Crippen LogP contribution >= 0.6 is 0 Å². The van der Waals surface area contributed by atoms with Crippen molar-refractivity contribution in [1.82, 2.24) is 20.7 Å². The normalized spacial score (nSPS) is 18.7. The van der Waals surface area contributed by atoms with Gasteiger partial charge in [-0.15, -0.1) is 5.10 Å². The monoisotopic (exact) mass is 153 g/mol. The topological polar surface area (TPSA) is 56.8 Å². The molecule has 2 N–H and O–H groups in total. The van der Waals surface area contributed by atoms with Gasteiger partial charge in [0.2, 0.25) is 0 Å². The summed E-state index contributed by atoms with van der Waals surface area (Å²) in [6.07, 6.45) is 1.76. The number of hydrogen-bond acceptors (Lipinski definition) is 4. The Balaban J connectivity index is 2.04. The van der Waals surface area contributed by atoms with Crippen LogP contribution in [0, 0.1) is 0 Å². The van der Waals surface area contributed by atoms with Gasteiger partial charge in [0.25, 0.3) is 0 Å². The molecule has 1 aromatic heterocycles. The van der Waals surface area contributed by atoms with Gasteiger partial charge in [0.05, 0.1) is 6.20 Å². The van der Waals surface area contributed by atoms with Crippen molar-refractivity contribution < 1.29 is 0 Å². The third kappa shape index (κ3) is 1.32. The van der Waals surface area contributed by atoms with Gasteiger partial charge < -0.3 is 10.2 Å². The van der Waals surface area contributed by atoms with E-state index < -0.39 is 0 Å². The highest BCUT2D eigenvalue weighted by atomic mass is 15.4. The second kappa shape index (κ2) is 2.87. The molecule has 2 heterocycles. The highest BCUT2D eigenvalue weighted by Gasteiger charge is 2.11. The average Bonchev–Trinajstić information content (AvgIpc) is 2.58. The second-order valence-electron chi connectivity index (χ2n) is 2.57. The summed E-state index contributed by atoms with van der Waals surface area (Å²) in [6, 6.07) is 0. The van der Waals surface area contributed by atoms with Crippen molar-refractivity contribution >= 4 is 5.82 Å². The van der Waals surface area contributed by atoms with Crippen LogP contribution in [0.4, 0.5) is 5.82 Å². The minimum absolute atomic E-state index is 0.950. The molecule has 0 saturated carbocycles. The molecule has 2 rings (SSSR count). The zero-order valence-electron chi connectivity index (χ0n) is 6.25. The van der Waals surface area contributed by atoms with Gasteiger partial charge >= 0.3 is 0 Å². The van der Waals surface area contributed by atoms with Gasteiger partial charge in [-0.25, -0.2) is 0 Å². The fourth-order valence-electron chi connectivity index (χ4n) is 1.24. The molecule has 0 unspecified atom stereocenters. The average molecular weight is 153 g/mol. The molecule has 1 aliphatic heterocycles. The maximum absolute atomic E-state index is 4.00. The van der Waals surface area contributed by atoms with Crippen LogP contribution in [-0.2, 0) is 0 Å². The molecule has 0 atom stereocenters. The number of H-pyrrole nitrogens is 1. The first-order chi connectivity index (χ1) is 5.47. The quantitative estimate of drug-likeness (QED) is 0.555. The molecule has 5 nitrogen and oxygen atoms in total. The van der Waals surface area contributed by atoms with Crippen LogP contribution in [-0.4, -0.2) is 41.6 Å². The van der Waals surface area contributed by atoms with Gasteiger partial charge in [-0.3, -0.25) is 0 Å². The maximum Gasteiger partial charge on any atom is 0.170 e. The molecule has 60 valence electrons. The molecule has 1 fully saturated rings. The van der Waals surface area contributed by atoms with Crippen molar-refractivity contribution in [2.24, 2.45) is 0 Å². The number of nitrogens with one attached hydrogen (secondary N) is 2. The smallest absolute Gasteiger partial charge is 0.170 e. The molecular formula is C6H11N5. The molecule has 0 amide bonds. The number of rotatable bonds is 1. The van der Waals surface area contributed by atoms with E-state index in [9.17, 15) is 0 Å². The molecule has 0 spiro atoms. The van der Waals surface area contributed by atoms with E-state index in [1.54, 1.807) is 6.20 Å². The largest absolute Gasteiger partial charge is 0.351 e. The van der Waals surface area contributed by atoms with Crippen molar-refractivity contribution in [1.29, 1.82) is 0 Å². The number of aromatic nitrogens is 3. The summed E-state index contributed by atoms with van der Waals surface area (Å²) in [5.41, 5.74) is 0. The Bertz CT molecular complexity index is 201. The SMILES string of the molecule is c1n[nH]nc1N1CCNCC1. The first-order valence-corrected chi connectivity index (χ1v) is 3.78. The Morgan fingerprint density at radius 2 is 2.18 bits per heavy atom. The minimum atomic E-state index is 0.950. The zero-order chi connectivity index (χ0) is 7.52. The van der Waals surface area contributed by atoms with Crippen LogP contribution in [0.2, 0.25) is 0 Å². The lowest BCUT2D eigenvalue weighted by atomic mass is 10.4. The molecule has 1 aliphatic rings. The number of hydrogen-bond donors (Lipinski definition) is 2. The van der Waals surface area contributed by atoms with Crippen molar-refractivity contribution in [2.75, 3.05) is 31.1 Å². The lowest BCUT2D eigenvalue weighted by molar-refractivity contribution is 0.584. The third-order valence-electron chi connectivity index (χ3n) is 1.84. The molecule has 0 aliphatic carbocycles. The lowest BCUT2D eigenvalue weighted by Gasteiger charge is -2.26. The molecule has 1 aromatic rings. The molecule has 5 heteroatoms. The van der Waals surface area contributed by atoms with E-state index >= 15 is 0 Å². The second-order valence-corrected chi connectivity index (χ2v) is 2.57. The number of piperazine rings is 1. The number of aromatic amines is 1. The first-order valence-electron chi connectivity index (χ1n) is 3.78. The van der Waals surface area contributed by atoms with E-state index in [1.165, 1.54) is 0 Å². The standard InChI is InChI=1S/C6H11N5/c1-3-11(4-2-7-1)6-5-8-10-9-6/h5,7H,1-4H2,(H,8,9,10). The molecule has 0 radical (unpaired) electrons. The predicted molar refractivity (Wildman–Crippen MR) is 41.5 cm³/mol. The van der Waals surface area contributed by atoms with Crippen LogP contribution in [0.1, 0.15) is 0 Å². The first kappa shape index (κ1) is 6.60. The van der Waals surface area contributed by atoms with Crippen molar-refractivity contribution in [3.63, 3.8) is 0 Å². The highest BCUT2D eigenvalue weighted by molar-refractivity contribution is 5.34. The third-order valence-corrected chi connectivity index (χ3v) is 1.84. The van der Waals surface area contributed by atoms with Crippen LogP contribution in [0.3, 0.4) is 0 Å². The summed E-state index contributed by atoms with van der Waals surface area (Å²) < 4.78 is 0. The van der Waals surface area contributed by atoms with E-state index in [4.69, 9.17) is 0 Å².